The van der Waals surface area contributed by atoms with Gasteiger partial charge in [-0.1, -0.05) is 25.5 Å². The van der Waals surface area contributed by atoms with Gasteiger partial charge in [-0.05, 0) is 44.6 Å². The van der Waals surface area contributed by atoms with E-state index >= 15 is 0 Å². The van der Waals surface area contributed by atoms with Crippen LogP contribution < -0.4 is 0 Å². The third-order valence-electron chi connectivity index (χ3n) is 3.27. The monoisotopic (exact) mass is 192 g/mol. The van der Waals surface area contributed by atoms with Crippen molar-refractivity contribution in [2.75, 3.05) is 0 Å². The van der Waals surface area contributed by atoms with E-state index in [1.54, 1.807) is 6.08 Å². The molecule has 0 radical (unpaired) electrons. The summed E-state index contributed by atoms with van der Waals surface area (Å²) in [6.45, 7) is 8.37. The van der Waals surface area contributed by atoms with Crippen molar-refractivity contribution >= 4 is 5.78 Å². The van der Waals surface area contributed by atoms with Crippen LogP contribution in [0.25, 0.3) is 0 Å². The van der Waals surface area contributed by atoms with Crippen molar-refractivity contribution in [3.63, 3.8) is 0 Å². The number of carbonyl (C=O) groups is 1. The average molecular weight is 192 g/mol. The quantitative estimate of drug-likeness (QED) is 0.612. The molecule has 14 heavy (non-hydrogen) atoms. The van der Waals surface area contributed by atoms with E-state index in [-0.39, 0.29) is 5.78 Å². The first-order valence-electron chi connectivity index (χ1n) is 5.45. The molecule has 0 aromatic rings. The zero-order chi connectivity index (χ0) is 10.7. The maximum atomic E-state index is 11.8. The Bertz CT molecular complexity index is 284. The lowest BCUT2D eigenvalue weighted by molar-refractivity contribution is -0.112. The molecule has 2 unspecified atom stereocenters. The first-order valence-corrected chi connectivity index (χ1v) is 5.45. The molecule has 1 rings (SSSR count). The van der Waals surface area contributed by atoms with Crippen LogP contribution in [0.1, 0.15) is 40.5 Å². The summed E-state index contributed by atoms with van der Waals surface area (Å²) in [5.74, 6) is 1.23. The lowest BCUT2D eigenvalue weighted by atomic mass is 9.77. The average Bonchev–Trinajstić information content (AvgIpc) is 2.13. The van der Waals surface area contributed by atoms with E-state index in [1.807, 2.05) is 13.0 Å². The second-order valence-electron chi connectivity index (χ2n) is 4.34. The molecule has 0 fully saturated rings. The zero-order valence-electron chi connectivity index (χ0n) is 9.63. The molecule has 78 valence electrons. The predicted octanol–water partition coefficient (Wildman–Crippen LogP) is 3.51. The van der Waals surface area contributed by atoms with Crippen LogP contribution in [0.4, 0.5) is 0 Å². The topological polar surface area (TPSA) is 17.1 Å². The molecular formula is C13H20O. The van der Waals surface area contributed by atoms with Gasteiger partial charge in [-0.3, -0.25) is 4.79 Å². The Hall–Kier alpha value is -0.850. The lowest BCUT2D eigenvalue weighted by Crippen LogP contribution is -2.19. The van der Waals surface area contributed by atoms with Crippen LogP contribution in [0.2, 0.25) is 0 Å². The highest BCUT2D eigenvalue weighted by atomic mass is 16.1. The van der Waals surface area contributed by atoms with E-state index in [4.69, 9.17) is 0 Å². The van der Waals surface area contributed by atoms with Crippen LogP contribution >= 0.6 is 0 Å². The molecule has 0 bridgehead atoms. The van der Waals surface area contributed by atoms with Gasteiger partial charge < -0.3 is 0 Å². The minimum atomic E-state index is 0.212. The minimum absolute atomic E-state index is 0.212. The van der Waals surface area contributed by atoms with Crippen molar-refractivity contribution in [1.29, 1.82) is 0 Å². The molecule has 1 aliphatic rings. The highest BCUT2D eigenvalue weighted by Gasteiger charge is 2.25. The Labute approximate surface area is 86.9 Å². The van der Waals surface area contributed by atoms with Gasteiger partial charge in [0.1, 0.15) is 0 Å². The van der Waals surface area contributed by atoms with Crippen molar-refractivity contribution in [3.05, 3.63) is 23.3 Å². The Morgan fingerprint density at radius 3 is 2.43 bits per heavy atom. The van der Waals surface area contributed by atoms with Gasteiger partial charge in [0.05, 0.1) is 0 Å². The highest BCUT2D eigenvalue weighted by molar-refractivity contribution is 6.04. The second-order valence-corrected chi connectivity index (χ2v) is 4.34. The van der Waals surface area contributed by atoms with Crippen LogP contribution in [0.15, 0.2) is 23.3 Å². The first kappa shape index (κ1) is 11.2. The first-order chi connectivity index (χ1) is 6.57. The van der Waals surface area contributed by atoms with E-state index in [2.05, 4.69) is 20.8 Å². The molecule has 1 aliphatic carbocycles. The lowest BCUT2D eigenvalue weighted by Gasteiger charge is -2.27. The molecule has 0 spiro atoms. The van der Waals surface area contributed by atoms with Crippen molar-refractivity contribution in [3.8, 4) is 0 Å². The standard InChI is InChI=1S/C13H20O/c1-5-6-12(14)13-10(3)8-7-9(2)11(13)4/h5-6,9-10H,7-8H2,1-4H3. The predicted molar refractivity (Wildman–Crippen MR) is 60.1 cm³/mol. The molecule has 2 atom stereocenters. The largest absolute Gasteiger partial charge is 0.290 e. The molecule has 0 aromatic heterocycles. The summed E-state index contributed by atoms with van der Waals surface area (Å²) < 4.78 is 0. The molecule has 0 aliphatic heterocycles. The highest BCUT2D eigenvalue weighted by Crippen LogP contribution is 2.34. The van der Waals surface area contributed by atoms with Gasteiger partial charge in [-0.15, -0.1) is 0 Å². The van der Waals surface area contributed by atoms with Gasteiger partial charge in [0, 0.05) is 5.57 Å². The van der Waals surface area contributed by atoms with Crippen LogP contribution in [0.5, 0.6) is 0 Å². The van der Waals surface area contributed by atoms with Gasteiger partial charge in [-0.2, -0.15) is 0 Å². The fourth-order valence-corrected chi connectivity index (χ4v) is 2.19. The third kappa shape index (κ3) is 2.14. The Morgan fingerprint density at radius 2 is 1.86 bits per heavy atom. The molecule has 0 aromatic carbocycles. The second kappa shape index (κ2) is 4.59. The van der Waals surface area contributed by atoms with Crippen molar-refractivity contribution < 1.29 is 4.79 Å². The van der Waals surface area contributed by atoms with Crippen molar-refractivity contribution in [2.24, 2.45) is 11.8 Å². The van der Waals surface area contributed by atoms with Gasteiger partial charge in [-0.25, -0.2) is 0 Å². The van der Waals surface area contributed by atoms with E-state index in [0.29, 0.717) is 11.8 Å². The fraction of sp³-hybridized carbons (Fsp3) is 0.615. The molecule has 0 saturated heterocycles. The molecule has 1 heteroatoms. The van der Waals surface area contributed by atoms with Crippen molar-refractivity contribution in [1.82, 2.24) is 0 Å². The van der Waals surface area contributed by atoms with Crippen molar-refractivity contribution in [2.45, 2.75) is 40.5 Å². The fourth-order valence-electron chi connectivity index (χ4n) is 2.19. The zero-order valence-corrected chi connectivity index (χ0v) is 9.63. The summed E-state index contributed by atoms with van der Waals surface area (Å²) >= 11 is 0. The van der Waals surface area contributed by atoms with E-state index < -0.39 is 0 Å². The van der Waals surface area contributed by atoms with Gasteiger partial charge in [0.25, 0.3) is 0 Å². The number of allylic oxidation sites excluding steroid dienone is 4. The maximum absolute atomic E-state index is 11.8. The Balaban J connectivity index is 3.01. The summed E-state index contributed by atoms with van der Waals surface area (Å²) in [6.07, 6.45) is 5.89. The normalized spacial score (nSPS) is 28.6. The molecule has 0 N–H and O–H groups in total. The summed E-state index contributed by atoms with van der Waals surface area (Å²) in [5, 5.41) is 0. The number of carbonyl (C=O) groups excluding carboxylic acids is 1. The minimum Gasteiger partial charge on any atom is -0.290 e. The number of ketones is 1. The number of rotatable bonds is 2. The number of hydrogen-bond acceptors (Lipinski definition) is 1. The molecule has 0 saturated carbocycles. The molecule has 0 amide bonds. The van der Waals surface area contributed by atoms with Gasteiger partial charge in [0.2, 0.25) is 0 Å². The van der Waals surface area contributed by atoms with Crippen LogP contribution in [0.3, 0.4) is 0 Å². The van der Waals surface area contributed by atoms with Crippen LogP contribution in [-0.4, -0.2) is 5.78 Å². The Morgan fingerprint density at radius 1 is 1.29 bits per heavy atom. The summed E-state index contributed by atoms with van der Waals surface area (Å²) in [4.78, 5) is 11.8. The van der Waals surface area contributed by atoms with Crippen LogP contribution in [-0.2, 0) is 4.79 Å². The van der Waals surface area contributed by atoms with Gasteiger partial charge in [0.15, 0.2) is 5.78 Å². The Kier molecular flexibility index (Phi) is 3.68. The van der Waals surface area contributed by atoms with Crippen LogP contribution in [0, 0.1) is 11.8 Å². The third-order valence-corrected chi connectivity index (χ3v) is 3.27. The van der Waals surface area contributed by atoms with E-state index in [9.17, 15) is 4.79 Å². The SMILES string of the molecule is CC=CC(=O)C1=C(C)C(C)CCC1C. The van der Waals surface area contributed by atoms with Gasteiger partial charge >= 0.3 is 0 Å². The van der Waals surface area contributed by atoms with E-state index in [1.165, 1.54) is 12.0 Å². The smallest absolute Gasteiger partial charge is 0.181 e. The maximum Gasteiger partial charge on any atom is 0.181 e. The van der Waals surface area contributed by atoms with E-state index in [0.717, 1.165) is 12.0 Å². The summed E-state index contributed by atoms with van der Waals surface area (Å²) in [7, 11) is 0. The summed E-state index contributed by atoms with van der Waals surface area (Å²) in [6, 6.07) is 0. The summed E-state index contributed by atoms with van der Waals surface area (Å²) in [5.41, 5.74) is 2.36. The molecule has 0 heterocycles. The molecule has 1 nitrogen and oxygen atoms in total. The molecular weight excluding hydrogens is 172 g/mol. The number of hydrogen-bond donors (Lipinski definition) is 0.